The molecule has 1 fully saturated rings. The second-order valence-electron chi connectivity index (χ2n) is 4.46. The summed E-state index contributed by atoms with van der Waals surface area (Å²) in [6.07, 6.45) is 6.37. The first-order valence-electron chi connectivity index (χ1n) is 5.95. The molecule has 0 atom stereocenters. The molecule has 0 aromatic carbocycles. The van der Waals surface area contributed by atoms with E-state index in [9.17, 15) is 0 Å². The zero-order chi connectivity index (χ0) is 12.1. The molecule has 94 valence electrons. The summed E-state index contributed by atoms with van der Waals surface area (Å²) in [4.78, 5) is 10.6. The minimum atomic E-state index is 0.747. The lowest BCUT2D eigenvalue weighted by Crippen LogP contribution is -2.24. The number of nitrogens with zero attached hydrogens (tertiary/aromatic N) is 3. The lowest BCUT2D eigenvalue weighted by molar-refractivity contribution is 0.130. The fraction of sp³-hybridized carbons (Fsp3) is 0.667. The van der Waals surface area contributed by atoms with Crippen LogP contribution in [0, 0.1) is 5.92 Å². The van der Waals surface area contributed by atoms with Gasteiger partial charge in [0.1, 0.15) is 0 Å². The van der Waals surface area contributed by atoms with Gasteiger partial charge in [0, 0.05) is 37.9 Å². The van der Waals surface area contributed by atoms with Gasteiger partial charge in [0.15, 0.2) is 0 Å². The predicted molar refractivity (Wildman–Crippen MR) is 71.5 cm³/mol. The third kappa shape index (κ3) is 4.24. The van der Waals surface area contributed by atoms with Crippen molar-refractivity contribution >= 4 is 21.9 Å². The number of hydrogen-bond donors (Lipinski definition) is 0. The van der Waals surface area contributed by atoms with Crippen molar-refractivity contribution in [3.63, 3.8) is 0 Å². The average molecular weight is 300 g/mol. The molecule has 1 aromatic rings. The van der Waals surface area contributed by atoms with E-state index in [1.54, 1.807) is 0 Å². The van der Waals surface area contributed by atoms with Gasteiger partial charge in [-0.05, 0) is 24.3 Å². The van der Waals surface area contributed by atoms with Crippen molar-refractivity contribution in [1.29, 1.82) is 0 Å². The van der Waals surface area contributed by atoms with E-state index in [1.807, 2.05) is 24.3 Å². The maximum Gasteiger partial charge on any atom is 0.225 e. The maximum absolute atomic E-state index is 5.59. The van der Waals surface area contributed by atoms with Crippen molar-refractivity contribution in [2.45, 2.75) is 18.2 Å². The molecule has 5 heteroatoms. The number of ether oxygens (including phenoxy) is 1. The summed E-state index contributed by atoms with van der Waals surface area (Å²) in [7, 11) is 1.99. The molecular weight excluding hydrogens is 282 g/mol. The van der Waals surface area contributed by atoms with Gasteiger partial charge in [-0.25, -0.2) is 9.97 Å². The molecule has 17 heavy (non-hydrogen) atoms. The number of anilines is 1. The van der Waals surface area contributed by atoms with Crippen LogP contribution in [0.25, 0.3) is 0 Å². The first-order valence-corrected chi connectivity index (χ1v) is 7.07. The summed E-state index contributed by atoms with van der Waals surface area (Å²) in [5.74, 6) is 1.58. The third-order valence-corrected chi connectivity index (χ3v) is 3.46. The second-order valence-corrected chi connectivity index (χ2v) is 5.03. The maximum atomic E-state index is 5.59. The predicted octanol–water partition coefficient (Wildman–Crippen LogP) is 2.23. The van der Waals surface area contributed by atoms with E-state index >= 15 is 0 Å². The molecule has 0 amide bonds. The molecule has 0 radical (unpaired) electrons. The highest BCUT2D eigenvalue weighted by molar-refractivity contribution is 9.08. The van der Waals surface area contributed by atoms with Gasteiger partial charge in [-0.2, -0.15) is 0 Å². The Bertz CT molecular complexity index is 340. The van der Waals surface area contributed by atoms with Crippen LogP contribution >= 0.6 is 15.9 Å². The van der Waals surface area contributed by atoms with Crippen LogP contribution in [0.2, 0.25) is 0 Å². The Morgan fingerprint density at radius 3 is 2.71 bits per heavy atom. The number of hydrogen-bond acceptors (Lipinski definition) is 4. The Kier molecular flexibility index (Phi) is 4.74. The molecule has 1 aliphatic carbocycles. The minimum absolute atomic E-state index is 0.747. The van der Waals surface area contributed by atoms with Crippen molar-refractivity contribution in [3.05, 3.63) is 18.0 Å². The quantitative estimate of drug-likeness (QED) is 0.572. The molecule has 1 aromatic heterocycles. The highest BCUT2D eigenvalue weighted by Crippen LogP contribution is 2.28. The summed E-state index contributed by atoms with van der Waals surface area (Å²) < 4.78 is 5.59. The molecule has 0 spiro atoms. The summed E-state index contributed by atoms with van der Waals surface area (Å²) in [6.45, 7) is 2.49. The van der Waals surface area contributed by atoms with Gasteiger partial charge in [0.05, 0.1) is 6.61 Å². The van der Waals surface area contributed by atoms with Gasteiger partial charge in [0.2, 0.25) is 5.95 Å². The molecular formula is C12H18BrN3O. The molecule has 0 N–H and O–H groups in total. The van der Waals surface area contributed by atoms with Crippen LogP contribution in [0.3, 0.4) is 0 Å². The summed E-state index contributed by atoms with van der Waals surface area (Å²) in [5, 5.41) is 0.793. The molecule has 0 unspecified atom stereocenters. The van der Waals surface area contributed by atoms with Crippen LogP contribution < -0.4 is 4.90 Å². The minimum Gasteiger partial charge on any atom is -0.379 e. The highest BCUT2D eigenvalue weighted by Gasteiger charge is 2.20. The van der Waals surface area contributed by atoms with Crippen molar-refractivity contribution in [1.82, 2.24) is 9.97 Å². The van der Waals surface area contributed by atoms with Crippen molar-refractivity contribution in [3.8, 4) is 0 Å². The Morgan fingerprint density at radius 1 is 1.41 bits per heavy atom. The normalized spacial score (nSPS) is 14.9. The Balaban J connectivity index is 1.71. The Morgan fingerprint density at radius 2 is 2.12 bits per heavy atom. The van der Waals surface area contributed by atoms with Crippen molar-refractivity contribution < 1.29 is 4.74 Å². The third-order valence-electron chi connectivity index (χ3n) is 2.81. The SMILES string of the molecule is CN(CCOCC1CC1)c1ncc(CBr)cn1. The van der Waals surface area contributed by atoms with E-state index in [1.165, 1.54) is 12.8 Å². The van der Waals surface area contributed by atoms with Crippen LogP contribution in [0.4, 0.5) is 5.95 Å². The van der Waals surface area contributed by atoms with E-state index in [2.05, 4.69) is 25.9 Å². The van der Waals surface area contributed by atoms with Crippen LogP contribution in [0.1, 0.15) is 18.4 Å². The Hall–Kier alpha value is -0.680. The molecule has 0 bridgehead atoms. The molecule has 1 aliphatic rings. The Labute approximate surface area is 111 Å². The fourth-order valence-corrected chi connectivity index (χ4v) is 1.74. The van der Waals surface area contributed by atoms with E-state index in [-0.39, 0.29) is 0 Å². The average Bonchev–Trinajstić information content (AvgIpc) is 3.18. The first-order chi connectivity index (χ1) is 8.29. The number of rotatable bonds is 7. The summed E-state index contributed by atoms with van der Waals surface area (Å²) in [6, 6.07) is 0. The lowest BCUT2D eigenvalue weighted by atomic mass is 10.4. The first kappa shape index (κ1) is 12.8. The zero-order valence-corrected chi connectivity index (χ0v) is 11.7. The lowest BCUT2D eigenvalue weighted by Gasteiger charge is -2.16. The fourth-order valence-electron chi connectivity index (χ4n) is 1.45. The van der Waals surface area contributed by atoms with E-state index < -0.39 is 0 Å². The topological polar surface area (TPSA) is 38.2 Å². The van der Waals surface area contributed by atoms with Crippen molar-refractivity contribution in [2.75, 3.05) is 31.7 Å². The van der Waals surface area contributed by atoms with Gasteiger partial charge in [-0.15, -0.1) is 0 Å². The van der Waals surface area contributed by atoms with Crippen molar-refractivity contribution in [2.24, 2.45) is 5.92 Å². The number of alkyl halides is 1. The van der Waals surface area contributed by atoms with Gasteiger partial charge in [-0.3, -0.25) is 0 Å². The molecule has 0 saturated heterocycles. The smallest absolute Gasteiger partial charge is 0.225 e. The standard InChI is InChI=1S/C12H18BrN3O/c1-16(4-5-17-9-10-2-3-10)12-14-7-11(6-13)8-15-12/h7-8,10H,2-6,9H2,1H3. The number of likely N-dealkylation sites (N-methyl/N-ethyl adjacent to an activating group) is 1. The van der Waals surface area contributed by atoms with Crippen LogP contribution in [0.15, 0.2) is 12.4 Å². The van der Waals surface area contributed by atoms with Gasteiger partial charge in [-0.1, -0.05) is 15.9 Å². The number of halogens is 1. The largest absolute Gasteiger partial charge is 0.379 e. The molecule has 1 saturated carbocycles. The van der Waals surface area contributed by atoms with E-state index in [0.29, 0.717) is 0 Å². The van der Waals surface area contributed by atoms with Gasteiger partial charge in [0.25, 0.3) is 0 Å². The summed E-state index contributed by atoms with van der Waals surface area (Å²) >= 11 is 3.38. The van der Waals surface area contributed by atoms with Crippen LogP contribution in [0.5, 0.6) is 0 Å². The number of aromatic nitrogens is 2. The van der Waals surface area contributed by atoms with Gasteiger partial charge >= 0.3 is 0 Å². The van der Waals surface area contributed by atoms with Gasteiger partial charge < -0.3 is 9.64 Å². The molecule has 1 heterocycles. The summed E-state index contributed by atoms with van der Waals surface area (Å²) in [5.41, 5.74) is 1.09. The highest BCUT2D eigenvalue weighted by atomic mass is 79.9. The zero-order valence-electron chi connectivity index (χ0n) is 10.1. The molecule has 2 rings (SSSR count). The van der Waals surface area contributed by atoms with Crippen LogP contribution in [-0.4, -0.2) is 36.8 Å². The molecule has 4 nitrogen and oxygen atoms in total. The second kappa shape index (κ2) is 6.31. The monoisotopic (exact) mass is 299 g/mol. The van der Waals surface area contributed by atoms with E-state index in [0.717, 1.165) is 42.5 Å². The molecule has 0 aliphatic heterocycles. The van der Waals surface area contributed by atoms with Crippen LogP contribution in [-0.2, 0) is 10.1 Å². The van der Waals surface area contributed by atoms with E-state index in [4.69, 9.17) is 4.74 Å².